The van der Waals surface area contributed by atoms with E-state index < -0.39 is 0 Å². The number of allylic oxidation sites excluding steroid dienone is 11. The Kier molecular flexibility index (Phi) is 11.2. The number of hydrogen-bond donors (Lipinski definition) is 1. The van der Waals surface area contributed by atoms with Crippen molar-refractivity contribution in [2.24, 2.45) is 0 Å². The maximum Gasteiger partial charge on any atom is 0.0617 e. The largest absolute Gasteiger partial charge is 0.392 e. The van der Waals surface area contributed by atoms with Gasteiger partial charge in [0.1, 0.15) is 0 Å². The molecule has 1 heteroatoms. The molecule has 116 valence electrons. The first-order chi connectivity index (χ1) is 9.95. The van der Waals surface area contributed by atoms with Crippen LogP contribution in [0.5, 0.6) is 0 Å². The van der Waals surface area contributed by atoms with Crippen molar-refractivity contribution in [1.29, 1.82) is 0 Å². The number of aliphatic hydroxyl groups excluding tert-OH is 1. The summed E-state index contributed by atoms with van der Waals surface area (Å²) in [6.07, 6.45) is 18.8. The highest BCUT2D eigenvalue weighted by Gasteiger charge is 1.87. The summed E-state index contributed by atoms with van der Waals surface area (Å²) in [4.78, 5) is 0. The molecule has 0 aromatic heterocycles. The van der Waals surface area contributed by atoms with E-state index >= 15 is 0 Å². The molecule has 0 heterocycles. The van der Waals surface area contributed by atoms with Crippen LogP contribution < -0.4 is 0 Å². The zero-order chi connectivity index (χ0) is 16.1. The summed E-state index contributed by atoms with van der Waals surface area (Å²) in [6, 6.07) is 0. The average Bonchev–Trinajstić information content (AvgIpc) is 2.38. The van der Waals surface area contributed by atoms with Crippen molar-refractivity contribution in [2.75, 3.05) is 6.61 Å². The second-order valence-electron chi connectivity index (χ2n) is 5.59. The topological polar surface area (TPSA) is 20.2 Å². The second kappa shape index (κ2) is 12.2. The molecule has 0 saturated carbocycles. The van der Waals surface area contributed by atoms with Gasteiger partial charge >= 0.3 is 0 Å². The summed E-state index contributed by atoms with van der Waals surface area (Å²) in [5, 5.41) is 8.76. The first-order valence-electron chi connectivity index (χ1n) is 7.55. The van der Waals surface area contributed by atoms with E-state index in [1.807, 2.05) is 19.1 Å². The van der Waals surface area contributed by atoms with E-state index in [0.29, 0.717) is 0 Å². The molecular weight excluding hydrogens is 256 g/mol. The molecule has 0 aliphatic rings. The molecule has 1 N–H and O–H groups in total. The Bertz CT molecular complexity index is 464. The third-order valence-electron chi connectivity index (χ3n) is 2.96. The van der Waals surface area contributed by atoms with Crippen molar-refractivity contribution >= 4 is 0 Å². The van der Waals surface area contributed by atoms with Gasteiger partial charge in [0.15, 0.2) is 0 Å². The van der Waals surface area contributed by atoms with Crippen LogP contribution >= 0.6 is 0 Å². The summed E-state index contributed by atoms with van der Waals surface area (Å²) in [6.45, 7) is 10.6. The molecule has 1 nitrogen and oxygen atoms in total. The van der Waals surface area contributed by atoms with E-state index in [9.17, 15) is 0 Å². The van der Waals surface area contributed by atoms with Gasteiger partial charge in [-0.1, -0.05) is 70.9 Å². The smallest absolute Gasteiger partial charge is 0.0617 e. The first-order valence-corrected chi connectivity index (χ1v) is 7.55. The Balaban J connectivity index is 4.33. The van der Waals surface area contributed by atoms with Gasteiger partial charge in [-0.05, 0) is 47.5 Å². The monoisotopic (exact) mass is 286 g/mol. The predicted octanol–water partition coefficient (Wildman–Crippen LogP) is 5.68. The summed E-state index contributed by atoms with van der Waals surface area (Å²) in [7, 11) is 0. The number of aliphatic hydroxyl groups is 1. The van der Waals surface area contributed by atoms with Crippen molar-refractivity contribution in [3.8, 4) is 0 Å². The van der Waals surface area contributed by atoms with E-state index in [-0.39, 0.29) is 6.61 Å². The molecule has 0 fully saturated rings. The lowest BCUT2D eigenvalue weighted by Crippen LogP contribution is -1.76. The molecule has 0 radical (unpaired) electrons. The Morgan fingerprint density at radius 1 is 0.810 bits per heavy atom. The maximum absolute atomic E-state index is 8.76. The molecule has 0 spiro atoms. The van der Waals surface area contributed by atoms with Crippen molar-refractivity contribution in [3.05, 3.63) is 70.9 Å². The molecule has 0 atom stereocenters. The van der Waals surface area contributed by atoms with Gasteiger partial charge in [-0.25, -0.2) is 0 Å². The molecule has 0 aromatic carbocycles. The zero-order valence-electron chi connectivity index (χ0n) is 14.2. The lowest BCUT2D eigenvalue weighted by molar-refractivity contribution is 0.342. The van der Waals surface area contributed by atoms with E-state index in [4.69, 9.17) is 5.11 Å². The van der Waals surface area contributed by atoms with E-state index in [1.165, 1.54) is 16.7 Å². The van der Waals surface area contributed by atoms with Crippen LogP contribution in [0.2, 0.25) is 0 Å². The quantitative estimate of drug-likeness (QED) is 0.450. The Labute approximate surface area is 130 Å². The fourth-order valence-corrected chi connectivity index (χ4v) is 1.66. The molecule has 0 aromatic rings. The Morgan fingerprint density at radius 2 is 1.43 bits per heavy atom. The van der Waals surface area contributed by atoms with Crippen LogP contribution in [0, 0.1) is 0 Å². The van der Waals surface area contributed by atoms with E-state index in [0.717, 1.165) is 18.4 Å². The summed E-state index contributed by atoms with van der Waals surface area (Å²) in [5.74, 6) is 0. The van der Waals surface area contributed by atoms with Gasteiger partial charge in [0.25, 0.3) is 0 Å². The van der Waals surface area contributed by atoms with Gasteiger partial charge in [0.2, 0.25) is 0 Å². The lowest BCUT2D eigenvalue weighted by atomic mass is 10.1. The molecular formula is C20H30O. The normalized spacial score (nSPS) is 14.3. The van der Waals surface area contributed by atoms with Crippen molar-refractivity contribution < 1.29 is 5.11 Å². The van der Waals surface area contributed by atoms with E-state index in [1.54, 1.807) is 6.08 Å². The third-order valence-corrected chi connectivity index (χ3v) is 2.96. The Hall–Kier alpha value is -1.60. The van der Waals surface area contributed by atoms with Gasteiger partial charge in [-0.2, -0.15) is 0 Å². The van der Waals surface area contributed by atoms with Crippen LogP contribution in [0.3, 0.4) is 0 Å². The molecule has 0 aliphatic heterocycles. The van der Waals surface area contributed by atoms with Crippen molar-refractivity contribution in [1.82, 2.24) is 0 Å². The van der Waals surface area contributed by atoms with Crippen molar-refractivity contribution in [2.45, 2.75) is 47.5 Å². The molecule has 0 aliphatic carbocycles. The fourth-order valence-electron chi connectivity index (χ4n) is 1.66. The van der Waals surface area contributed by atoms with Gasteiger partial charge in [-0.15, -0.1) is 0 Å². The molecule has 0 rings (SSSR count). The summed E-state index contributed by atoms with van der Waals surface area (Å²) >= 11 is 0. The minimum Gasteiger partial charge on any atom is -0.392 e. The van der Waals surface area contributed by atoms with Crippen molar-refractivity contribution in [3.63, 3.8) is 0 Å². The minimum atomic E-state index is 0.0928. The Morgan fingerprint density at radius 3 is 2.05 bits per heavy atom. The highest BCUT2D eigenvalue weighted by Crippen LogP contribution is 2.07. The highest BCUT2D eigenvalue weighted by atomic mass is 16.2. The predicted molar refractivity (Wildman–Crippen MR) is 95.3 cm³/mol. The van der Waals surface area contributed by atoms with Crippen LogP contribution in [-0.2, 0) is 0 Å². The highest BCUT2D eigenvalue weighted by molar-refractivity contribution is 5.28. The minimum absolute atomic E-state index is 0.0928. The van der Waals surface area contributed by atoms with Crippen LogP contribution in [0.1, 0.15) is 47.5 Å². The standard InChI is InChI=1S/C20H30O/c1-17(2)9-6-10-18(3)11-7-12-19(4)13-8-14-20(5)15-16-21/h7-9,11-15,21H,6,10,16H2,1-5H3/b12-7+,14-8+,18-11+,19-13+,20-15+. The van der Waals surface area contributed by atoms with Crippen LogP contribution in [0.4, 0.5) is 0 Å². The first kappa shape index (κ1) is 19.4. The molecule has 21 heavy (non-hydrogen) atoms. The van der Waals surface area contributed by atoms with Gasteiger partial charge in [0, 0.05) is 0 Å². The van der Waals surface area contributed by atoms with Crippen LogP contribution in [0.15, 0.2) is 70.9 Å². The molecule has 0 saturated heterocycles. The van der Waals surface area contributed by atoms with Crippen LogP contribution in [-0.4, -0.2) is 11.7 Å². The average molecular weight is 286 g/mol. The lowest BCUT2D eigenvalue weighted by Gasteiger charge is -1.96. The molecule has 0 unspecified atom stereocenters. The molecule has 0 bridgehead atoms. The number of rotatable bonds is 8. The summed E-state index contributed by atoms with van der Waals surface area (Å²) < 4.78 is 0. The van der Waals surface area contributed by atoms with Gasteiger partial charge in [-0.3, -0.25) is 0 Å². The van der Waals surface area contributed by atoms with Gasteiger partial charge in [0.05, 0.1) is 6.61 Å². The SMILES string of the molecule is CC(C)=CCC/C(C)=C/C=C/C(C)=C/C=C/C(C)=C/CO. The van der Waals surface area contributed by atoms with E-state index in [2.05, 4.69) is 58.1 Å². The molecule has 0 amide bonds. The second-order valence-corrected chi connectivity index (χ2v) is 5.59. The zero-order valence-corrected chi connectivity index (χ0v) is 14.2. The number of hydrogen-bond acceptors (Lipinski definition) is 1. The maximum atomic E-state index is 8.76. The third kappa shape index (κ3) is 13.1. The van der Waals surface area contributed by atoms with Gasteiger partial charge < -0.3 is 5.11 Å². The van der Waals surface area contributed by atoms with Crippen LogP contribution in [0.25, 0.3) is 0 Å². The fraction of sp³-hybridized carbons (Fsp3) is 0.400. The summed E-state index contributed by atoms with van der Waals surface area (Å²) in [5.41, 5.74) is 5.06.